The highest BCUT2D eigenvalue weighted by Gasteiger charge is 2.18. The number of amides is 2. The van der Waals surface area contributed by atoms with Crippen LogP contribution in [-0.4, -0.2) is 36.3 Å². The van der Waals surface area contributed by atoms with Crippen molar-refractivity contribution in [3.63, 3.8) is 0 Å². The van der Waals surface area contributed by atoms with Crippen molar-refractivity contribution < 1.29 is 14.0 Å². The summed E-state index contributed by atoms with van der Waals surface area (Å²) >= 11 is 0. The van der Waals surface area contributed by atoms with E-state index in [0.717, 1.165) is 42.6 Å². The van der Waals surface area contributed by atoms with Crippen LogP contribution < -0.4 is 10.6 Å². The van der Waals surface area contributed by atoms with E-state index in [1.807, 2.05) is 37.3 Å². The van der Waals surface area contributed by atoms with E-state index in [2.05, 4.69) is 22.5 Å². The van der Waals surface area contributed by atoms with Gasteiger partial charge < -0.3 is 15.1 Å². The fourth-order valence-corrected chi connectivity index (χ4v) is 3.35. The summed E-state index contributed by atoms with van der Waals surface area (Å²) in [4.78, 5) is 26.6. The van der Waals surface area contributed by atoms with Crippen molar-refractivity contribution in [2.75, 3.05) is 25.0 Å². The van der Waals surface area contributed by atoms with E-state index in [1.54, 1.807) is 6.07 Å². The number of anilines is 1. The lowest BCUT2D eigenvalue weighted by Gasteiger charge is -2.29. The summed E-state index contributed by atoms with van der Waals surface area (Å²) in [5.74, 6) is 1.46. The Morgan fingerprint density at radius 2 is 1.96 bits per heavy atom. The third kappa shape index (κ3) is 5.96. The molecular formula is C22H29N3O3. The van der Waals surface area contributed by atoms with Gasteiger partial charge in [0.1, 0.15) is 5.76 Å². The van der Waals surface area contributed by atoms with Gasteiger partial charge in [0.15, 0.2) is 5.76 Å². The first-order valence-electron chi connectivity index (χ1n) is 9.95. The molecule has 0 saturated carbocycles. The molecule has 0 radical (unpaired) electrons. The SMILES string of the molecule is Cc1cccc(NC(=O)CCNC(=O)c2ccc(CN3CCC(C)CC3)o2)c1. The maximum atomic E-state index is 12.2. The van der Waals surface area contributed by atoms with Gasteiger partial charge in [0.05, 0.1) is 6.54 Å². The Balaban J connectivity index is 1.40. The Morgan fingerprint density at radius 1 is 1.18 bits per heavy atom. The molecule has 1 aliphatic rings. The Labute approximate surface area is 166 Å². The van der Waals surface area contributed by atoms with Gasteiger partial charge in [-0.15, -0.1) is 0 Å². The largest absolute Gasteiger partial charge is 0.455 e. The number of carbonyl (C=O) groups excluding carboxylic acids is 2. The molecule has 2 N–H and O–H groups in total. The molecule has 0 aliphatic carbocycles. The molecule has 2 amide bonds. The third-order valence-corrected chi connectivity index (χ3v) is 5.08. The van der Waals surface area contributed by atoms with E-state index in [9.17, 15) is 9.59 Å². The number of piperidine rings is 1. The highest BCUT2D eigenvalue weighted by molar-refractivity contribution is 5.93. The van der Waals surface area contributed by atoms with Crippen LogP contribution in [0.1, 0.15) is 48.1 Å². The summed E-state index contributed by atoms with van der Waals surface area (Å²) in [6.07, 6.45) is 2.62. The molecule has 2 aromatic rings. The van der Waals surface area contributed by atoms with E-state index in [1.165, 1.54) is 12.8 Å². The zero-order chi connectivity index (χ0) is 19.9. The number of benzene rings is 1. The third-order valence-electron chi connectivity index (χ3n) is 5.08. The van der Waals surface area contributed by atoms with Gasteiger partial charge in [-0.3, -0.25) is 14.5 Å². The number of nitrogens with one attached hydrogen (secondary N) is 2. The second-order valence-electron chi connectivity index (χ2n) is 7.65. The Bertz CT molecular complexity index is 807. The van der Waals surface area contributed by atoms with Crippen LogP contribution in [0.4, 0.5) is 5.69 Å². The van der Waals surface area contributed by atoms with Gasteiger partial charge in [-0.05, 0) is 68.6 Å². The molecule has 2 heterocycles. The molecule has 1 saturated heterocycles. The van der Waals surface area contributed by atoms with Gasteiger partial charge in [0.25, 0.3) is 5.91 Å². The Morgan fingerprint density at radius 3 is 2.71 bits per heavy atom. The summed E-state index contributed by atoms with van der Waals surface area (Å²) < 4.78 is 5.69. The van der Waals surface area contributed by atoms with Crippen molar-refractivity contribution in [1.82, 2.24) is 10.2 Å². The number of furan rings is 1. The molecule has 1 fully saturated rings. The Hall–Kier alpha value is -2.60. The fourth-order valence-electron chi connectivity index (χ4n) is 3.35. The van der Waals surface area contributed by atoms with Crippen molar-refractivity contribution in [1.29, 1.82) is 0 Å². The van der Waals surface area contributed by atoms with Gasteiger partial charge in [0.2, 0.25) is 5.91 Å². The number of carbonyl (C=O) groups is 2. The lowest BCUT2D eigenvalue weighted by molar-refractivity contribution is -0.116. The van der Waals surface area contributed by atoms with Crippen molar-refractivity contribution in [3.05, 3.63) is 53.5 Å². The predicted molar refractivity (Wildman–Crippen MR) is 109 cm³/mol. The van der Waals surface area contributed by atoms with Crippen LogP contribution >= 0.6 is 0 Å². The zero-order valence-corrected chi connectivity index (χ0v) is 16.7. The number of hydrogen-bond donors (Lipinski definition) is 2. The lowest BCUT2D eigenvalue weighted by Crippen LogP contribution is -2.32. The van der Waals surface area contributed by atoms with E-state index >= 15 is 0 Å². The first-order chi connectivity index (χ1) is 13.5. The number of aryl methyl sites for hydroxylation is 1. The molecule has 3 rings (SSSR count). The fraction of sp³-hybridized carbons (Fsp3) is 0.455. The molecule has 6 nitrogen and oxygen atoms in total. The highest BCUT2D eigenvalue weighted by atomic mass is 16.4. The van der Waals surface area contributed by atoms with Crippen molar-refractivity contribution in [2.45, 2.75) is 39.7 Å². The predicted octanol–water partition coefficient (Wildman–Crippen LogP) is 3.58. The van der Waals surface area contributed by atoms with Crippen LogP contribution in [0.15, 0.2) is 40.8 Å². The topological polar surface area (TPSA) is 74.6 Å². The van der Waals surface area contributed by atoms with Crippen LogP contribution in [0, 0.1) is 12.8 Å². The van der Waals surface area contributed by atoms with E-state index in [0.29, 0.717) is 5.76 Å². The van der Waals surface area contributed by atoms with Gasteiger partial charge in [-0.25, -0.2) is 0 Å². The van der Waals surface area contributed by atoms with Crippen LogP contribution in [0.5, 0.6) is 0 Å². The molecule has 150 valence electrons. The molecule has 0 unspecified atom stereocenters. The first-order valence-corrected chi connectivity index (χ1v) is 9.95. The van der Waals surface area contributed by atoms with Gasteiger partial charge in [-0.1, -0.05) is 19.1 Å². The van der Waals surface area contributed by atoms with Crippen LogP contribution in [0.25, 0.3) is 0 Å². The van der Waals surface area contributed by atoms with Crippen molar-refractivity contribution >= 4 is 17.5 Å². The van der Waals surface area contributed by atoms with Crippen LogP contribution in [0.2, 0.25) is 0 Å². The van der Waals surface area contributed by atoms with E-state index in [4.69, 9.17) is 4.42 Å². The minimum absolute atomic E-state index is 0.134. The second-order valence-corrected chi connectivity index (χ2v) is 7.65. The molecule has 6 heteroatoms. The molecule has 1 aromatic carbocycles. The van der Waals surface area contributed by atoms with Crippen LogP contribution in [0.3, 0.4) is 0 Å². The maximum Gasteiger partial charge on any atom is 0.287 e. The molecule has 0 bridgehead atoms. The normalized spacial score (nSPS) is 15.4. The lowest BCUT2D eigenvalue weighted by atomic mass is 9.99. The maximum absolute atomic E-state index is 12.2. The van der Waals surface area contributed by atoms with Gasteiger partial charge in [-0.2, -0.15) is 0 Å². The van der Waals surface area contributed by atoms with Gasteiger partial charge in [0, 0.05) is 18.7 Å². The number of hydrogen-bond acceptors (Lipinski definition) is 4. The summed E-state index contributed by atoms with van der Waals surface area (Å²) in [5, 5.41) is 5.57. The molecule has 1 aromatic heterocycles. The quantitative estimate of drug-likeness (QED) is 0.766. The molecular weight excluding hydrogens is 354 g/mol. The number of nitrogens with zero attached hydrogens (tertiary/aromatic N) is 1. The standard InChI is InChI=1S/C22H29N3O3/c1-16-9-12-25(13-10-16)15-19-6-7-20(28-19)22(27)23-11-8-21(26)24-18-5-3-4-17(2)14-18/h3-7,14,16H,8-13,15H2,1-2H3,(H,23,27)(H,24,26). The summed E-state index contributed by atoms with van der Waals surface area (Å²) in [6.45, 7) is 7.39. The Kier molecular flexibility index (Phi) is 6.87. The van der Waals surface area contributed by atoms with E-state index in [-0.39, 0.29) is 24.8 Å². The smallest absolute Gasteiger partial charge is 0.287 e. The average molecular weight is 383 g/mol. The molecule has 0 spiro atoms. The summed E-state index contributed by atoms with van der Waals surface area (Å²) in [7, 11) is 0. The first kappa shape index (κ1) is 20.1. The molecule has 1 aliphatic heterocycles. The molecule has 28 heavy (non-hydrogen) atoms. The minimum atomic E-state index is -0.290. The van der Waals surface area contributed by atoms with Crippen LogP contribution in [-0.2, 0) is 11.3 Å². The zero-order valence-electron chi connectivity index (χ0n) is 16.7. The minimum Gasteiger partial charge on any atom is -0.455 e. The second kappa shape index (κ2) is 9.55. The van der Waals surface area contributed by atoms with Crippen molar-refractivity contribution in [2.24, 2.45) is 5.92 Å². The molecule has 0 atom stereocenters. The van der Waals surface area contributed by atoms with Crippen molar-refractivity contribution in [3.8, 4) is 0 Å². The monoisotopic (exact) mass is 383 g/mol. The average Bonchev–Trinajstić information content (AvgIpc) is 3.12. The number of likely N-dealkylation sites (tertiary alicyclic amines) is 1. The summed E-state index contributed by atoms with van der Waals surface area (Å²) in [5.41, 5.74) is 1.85. The van der Waals surface area contributed by atoms with E-state index < -0.39 is 0 Å². The summed E-state index contributed by atoms with van der Waals surface area (Å²) in [6, 6.07) is 11.2. The number of rotatable bonds is 7. The highest BCUT2D eigenvalue weighted by Crippen LogP contribution is 2.19. The van der Waals surface area contributed by atoms with Gasteiger partial charge >= 0.3 is 0 Å².